The molecule has 2 aromatic heterocycles. The minimum Gasteiger partial charge on any atom is -0.480 e. The molecule has 2 N–H and O–H groups in total. The largest absolute Gasteiger partial charge is 0.480 e. The molecule has 1 aromatic carbocycles. The molecule has 27 heavy (non-hydrogen) atoms. The van der Waals surface area contributed by atoms with Crippen molar-refractivity contribution in [3.8, 4) is 5.69 Å². The van der Waals surface area contributed by atoms with Gasteiger partial charge in [-0.05, 0) is 31.4 Å². The van der Waals surface area contributed by atoms with E-state index in [1.54, 1.807) is 17.8 Å². The van der Waals surface area contributed by atoms with Gasteiger partial charge < -0.3 is 10.4 Å². The number of carbonyl (C=O) groups is 2. The number of amides is 1. The van der Waals surface area contributed by atoms with Gasteiger partial charge in [0.2, 0.25) is 0 Å². The van der Waals surface area contributed by atoms with Crippen LogP contribution in [-0.4, -0.2) is 43.0 Å². The molecule has 1 atom stereocenters. The lowest BCUT2D eigenvalue weighted by molar-refractivity contribution is -0.139. The first kappa shape index (κ1) is 18.5. The minimum absolute atomic E-state index is 0.0953. The number of aliphatic carboxylic acids is 1. The highest BCUT2D eigenvalue weighted by atomic mass is 16.4. The molecule has 140 valence electrons. The first-order valence-corrected chi connectivity index (χ1v) is 8.68. The Balaban J connectivity index is 1.93. The molecule has 3 aromatic rings. The van der Waals surface area contributed by atoms with Crippen molar-refractivity contribution >= 4 is 22.8 Å². The molecular formula is C19H21N5O3. The van der Waals surface area contributed by atoms with Gasteiger partial charge in [-0.3, -0.25) is 9.78 Å². The molecule has 3 rings (SSSR count). The van der Waals surface area contributed by atoms with Gasteiger partial charge in [-0.1, -0.05) is 37.3 Å². The van der Waals surface area contributed by atoms with E-state index in [0.29, 0.717) is 17.8 Å². The Morgan fingerprint density at radius 2 is 1.96 bits per heavy atom. The lowest BCUT2D eigenvalue weighted by atomic mass is 10.0. The molecule has 0 saturated carbocycles. The number of hydrogen-bond acceptors (Lipinski definition) is 5. The topological polar surface area (TPSA) is 110 Å². The van der Waals surface area contributed by atoms with Crippen molar-refractivity contribution in [3.05, 3.63) is 47.9 Å². The Bertz CT molecular complexity index is 991. The second-order valence-corrected chi connectivity index (χ2v) is 6.78. The number of nitrogens with one attached hydrogen (secondary N) is 1. The molecule has 1 amide bonds. The van der Waals surface area contributed by atoms with Gasteiger partial charge >= 0.3 is 5.97 Å². The van der Waals surface area contributed by atoms with Crippen LogP contribution in [0, 0.1) is 12.8 Å². The molecule has 0 fully saturated rings. The molecule has 0 aliphatic heterocycles. The number of pyridine rings is 1. The van der Waals surface area contributed by atoms with E-state index in [0.717, 1.165) is 10.9 Å². The normalized spacial score (nSPS) is 12.3. The van der Waals surface area contributed by atoms with Gasteiger partial charge in [-0.15, -0.1) is 5.10 Å². The Morgan fingerprint density at radius 3 is 2.67 bits per heavy atom. The van der Waals surface area contributed by atoms with E-state index in [4.69, 9.17) is 0 Å². The summed E-state index contributed by atoms with van der Waals surface area (Å²) in [6, 6.07) is 8.48. The zero-order chi connectivity index (χ0) is 19.6. The van der Waals surface area contributed by atoms with E-state index in [2.05, 4.69) is 20.6 Å². The number of carbonyl (C=O) groups excluding carboxylic acids is 1. The van der Waals surface area contributed by atoms with Crippen molar-refractivity contribution in [2.24, 2.45) is 5.92 Å². The summed E-state index contributed by atoms with van der Waals surface area (Å²) in [7, 11) is 0. The highest BCUT2D eigenvalue weighted by Crippen LogP contribution is 2.21. The van der Waals surface area contributed by atoms with Crippen molar-refractivity contribution in [2.75, 3.05) is 0 Å². The van der Waals surface area contributed by atoms with Crippen molar-refractivity contribution in [1.29, 1.82) is 0 Å². The third-order valence-electron chi connectivity index (χ3n) is 4.26. The second kappa shape index (κ2) is 7.53. The van der Waals surface area contributed by atoms with Crippen LogP contribution in [0.5, 0.6) is 0 Å². The maximum absolute atomic E-state index is 12.6. The first-order chi connectivity index (χ1) is 12.9. The smallest absolute Gasteiger partial charge is 0.326 e. The third kappa shape index (κ3) is 3.79. The Morgan fingerprint density at radius 1 is 1.22 bits per heavy atom. The number of para-hydroxylation sites is 1. The fraction of sp³-hybridized carbons (Fsp3) is 0.316. The van der Waals surface area contributed by atoms with Crippen LogP contribution >= 0.6 is 0 Å². The van der Waals surface area contributed by atoms with Gasteiger partial charge in [-0.25, -0.2) is 9.48 Å². The summed E-state index contributed by atoms with van der Waals surface area (Å²) in [6.45, 7) is 5.52. The molecule has 2 heterocycles. The van der Waals surface area contributed by atoms with Crippen molar-refractivity contribution in [2.45, 2.75) is 33.2 Å². The summed E-state index contributed by atoms with van der Waals surface area (Å²) < 4.78 is 1.54. The average molecular weight is 367 g/mol. The van der Waals surface area contributed by atoms with Gasteiger partial charge in [0.05, 0.1) is 16.9 Å². The summed E-state index contributed by atoms with van der Waals surface area (Å²) in [5.74, 6) is -1.50. The van der Waals surface area contributed by atoms with Crippen LogP contribution in [0.15, 0.2) is 36.5 Å². The maximum atomic E-state index is 12.6. The van der Waals surface area contributed by atoms with Crippen LogP contribution < -0.4 is 5.32 Å². The fourth-order valence-corrected chi connectivity index (χ4v) is 2.95. The molecular weight excluding hydrogens is 346 g/mol. The highest BCUT2D eigenvalue weighted by Gasteiger charge is 2.25. The molecule has 0 unspecified atom stereocenters. The number of carboxylic acids is 1. The van der Waals surface area contributed by atoms with E-state index in [-0.39, 0.29) is 11.6 Å². The molecule has 0 radical (unpaired) electrons. The van der Waals surface area contributed by atoms with Crippen LogP contribution in [0.3, 0.4) is 0 Å². The predicted octanol–water partition coefficient (Wildman–Crippen LogP) is 2.35. The van der Waals surface area contributed by atoms with E-state index >= 15 is 0 Å². The van der Waals surface area contributed by atoms with E-state index in [1.165, 1.54) is 0 Å². The van der Waals surface area contributed by atoms with E-state index < -0.39 is 17.9 Å². The second-order valence-electron chi connectivity index (χ2n) is 6.78. The Kier molecular flexibility index (Phi) is 5.16. The monoisotopic (exact) mass is 367 g/mol. The van der Waals surface area contributed by atoms with E-state index in [9.17, 15) is 14.7 Å². The minimum atomic E-state index is -1.07. The number of benzene rings is 1. The molecule has 0 aliphatic rings. The SMILES string of the molecule is Cc1c(C(=O)N[C@@H](CC(C)C)C(=O)O)nnn1-c1cccc2cccnc12. The number of hydrogen-bond donors (Lipinski definition) is 2. The third-order valence-corrected chi connectivity index (χ3v) is 4.26. The quantitative estimate of drug-likeness (QED) is 0.692. The van der Waals surface area contributed by atoms with Crippen molar-refractivity contribution in [1.82, 2.24) is 25.3 Å². The summed E-state index contributed by atoms with van der Waals surface area (Å²) in [5.41, 5.74) is 2.05. The van der Waals surface area contributed by atoms with Gasteiger partial charge in [0, 0.05) is 11.6 Å². The zero-order valence-corrected chi connectivity index (χ0v) is 15.4. The molecule has 0 spiro atoms. The summed E-state index contributed by atoms with van der Waals surface area (Å²) >= 11 is 0. The standard InChI is InChI=1S/C19H21N5O3/c1-11(2)10-14(19(26)27)21-18(25)16-12(3)24(23-22-16)15-8-4-6-13-7-5-9-20-17(13)15/h4-9,11,14H,10H2,1-3H3,(H,21,25)(H,26,27)/t14-/m0/s1. The Labute approximate surface area is 156 Å². The van der Waals surface area contributed by atoms with Crippen LogP contribution in [0.4, 0.5) is 0 Å². The number of rotatable bonds is 6. The lowest BCUT2D eigenvalue weighted by Crippen LogP contribution is -2.42. The average Bonchev–Trinajstić information content (AvgIpc) is 3.01. The lowest BCUT2D eigenvalue weighted by Gasteiger charge is -2.15. The summed E-state index contributed by atoms with van der Waals surface area (Å²) in [4.78, 5) is 28.3. The van der Waals surface area contributed by atoms with Crippen LogP contribution in [0.1, 0.15) is 36.5 Å². The number of nitrogens with zero attached hydrogens (tertiary/aromatic N) is 4. The van der Waals surface area contributed by atoms with Gasteiger partial charge in [0.15, 0.2) is 5.69 Å². The highest BCUT2D eigenvalue weighted by molar-refractivity contribution is 5.96. The number of carboxylic acid groups (broad SMARTS) is 1. The fourth-order valence-electron chi connectivity index (χ4n) is 2.95. The van der Waals surface area contributed by atoms with Gasteiger partial charge in [-0.2, -0.15) is 0 Å². The maximum Gasteiger partial charge on any atom is 0.326 e. The number of aromatic nitrogens is 4. The molecule has 8 heteroatoms. The number of fused-ring (bicyclic) bond motifs is 1. The summed E-state index contributed by atoms with van der Waals surface area (Å²) in [5, 5.41) is 20.9. The van der Waals surface area contributed by atoms with E-state index in [1.807, 2.05) is 44.2 Å². The molecule has 0 aliphatic carbocycles. The first-order valence-electron chi connectivity index (χ1n) is 8.68. The predicted molar refractivity (Wildman–Crippen MR) is 99.7 cm³/mol. The van der Waals surface area contributed by atoms with Gasteiger partial charge in [0.25, 0.3) is 5.91 Å². The van der Waals surface area contributed by atoms with Crippen LogP contribution in [0.2, 0.25) is 0 Å². The van der Waals surface area contributed by atoms with Gasteiger partial charge in [0.1, 0.15) is 6.04 Å². The van der Waals surface area contributed by atoms with Crippen LogP contribution in [-0.2, 0) is 4.79 Å². The molecule has 8 nitrogen and oxygen atoms in total. The summed E-state index contributed by atoms with van der Waals surface area (Å²) in [6.07, 6.45) is 2.02. The molecule has 0 saturated heterocycles. The zero-order valence-electron chi connectivity index (χ0n) is 15.4. The van der Waals surface area contributed by atoms with Crippen LogP contribution in [0.25, 0.3) is 16.6 Å². The Hall–Kier alpha value is -3.29. The van der Waals surface area contributed by atoms with Crippen molar-refractivity contribution < 1.29 is 14.7 Å². The van der Waals surface area contributed by atoms with Crippen molar-refractivity contribution in [3.63, 3.8) is 0 Å². The molecule has 0 bridgehead atoms.